The average molecular weight is 626 g/mol. The van der Waals surface area contributed by atoms with Crippen molar-refractivity contribution in [2.75, 3.05) is 52.9 Å². The minimum Gasteiger partial charge on any atom is -0.497 e. The van der Waals surface area contributed by atoms with Gasteiger partial charge in [0.15, 0.2) is 0 Å². The van der Waals surface area contributed by atoms with Gasteiger partial charge in [-0.2, -0.15) is 0 Å². The summed E-state index contributed by atoms with van der Waals surface area (Å²) in [4.78, 5) is 7.30. The monoisotopic (exact) mass is 625 g/mol. The standard InChI is InChI=1S/C40H49F2N3O/c1-30(2)35-15-20-38(31(3)39(29-35)46-28-8-22-43(4)23-21-32-9-6-5-7-10-32)44-24-26-45(27-25-44)40(33-11-16-36(41)17-12-33)34-13-18-37(42)19-14-34/h5-7,9-20,29-31,40H,8,21-28H2,1-4H3. The van der Waals surface area contributed by atoms with E-state index in [9.17, 15) is 8.78 Å². The molecule has 0 radical (unpaired) electrons. The molecule has 3 aromatic carbocycles. The number of nitrogens with zero attached hydrogens (tertiary/aromatic N) is 3. The number of ether oxygens (including phenoxy) is 1. The highest BCUT2D eigenvalue weighted by atomic mass is 19.1. The van der Waals surface area contributed by atoms with Crippen LogP contribution in [0.5, 0.6) is 0 Å². The molecule has 1 saturated heterocycles. The highest BCUT2D eigenvalue weighted by Crippen LogP contribution is 2.34. The van der Waals surface area contributed by atoms with Crippen LogP contribution in [0.1, 0.15) is 49.9 Å². The lowest BCUT2D eigenvalue weighted by Gasteiger charge is -2.42. The minimum atomic E-state index is -0.254. The summed E-state index contributed by atoms with van der Waals surface area (Å²) in [7, 11) is 2.19. The number of rotatable bonds is 13. The number of piperazine rings is 1. The molecule has 0 amide bonds. The van der Waals surface area contributed by atoms with Gasteiger partial charge in [0.2, 0.25) is 0 Å². The Morgan fingerprint density at radius 2 is 1.41 bits per heavy atom. The lowest BCUT2D eigenvalue weighted by Crippen LogP contribution is -2.48. The second kappa shape index (κ2) is 16.2. The third-order valence-corrected chi connectivity index (χ3v) is 9.29. The number of benzene rings is 3. The first-order valence-corrected chi connectivity index (χ1v) is 16.8. The SMILES string of the molecule is CC(C)C1=CC=C(N2CCN(C(c3ccc(F)cc3)c3ccc(F)cc3)CC2)C(C)C(OCCCN(C)CCc2ccccc2)=C1. The molecule has 46 heavy (non-hydrogen) atoms. The van der Waals surface area contributed by atoms with Crippen molar-refractivity contribution in [2.45, 2.75) is 39.7 Å². The molecule has 1 unspecified atom stereocenters. The van der Waals surface area contributed by atoms with Gasteiger partial charge in [0.25, 0.3) is 0 Å². The molecule has 0 bridgehead atoms. The van der Waals surface area contributed by atoms with E-state index in [1.807, 2.05) is 24.3 Å². The van der Waals surface area contributed by atoms with Crippen LogP contribution < -0.4 is 0 Å². The van der Waals surface area contributed by atoms with Gasteiger partial charge in [-0.15, -0.1) is 0 Å². The van der Waals surface area contributed by atoms with Crippen molar-refractivity contribution >= 4 is 0 Å². The van der Waals surface area contributed by atoms with E-state index in [4.69, 9.17) is 4.74 Å². The van der Waals surface area contributed by atoms with Gasteiger partial charge in [-0.25, -0.2) is 8.78 Å². The van der Waals surface area contributed by atoms with Gasteiger partial charge >= 0.3 is 0 Å². The first-order chi connectivity index (χ1) is 22.3. The van der Waals surface area contributed by atoms with Gasteiger partial charge in [0.1, 0.15) is 17.4 Å². The summed E-state index contributed by atoms with van der Waals surface area (Å²) >= 11 is 0. The van der Waals surface area contributed by atoms with Crippen molar-refractivity contribution in [1.29, 1.82) is 0 Å². The van der Waals surface area contributed by atoms with Crippen LogP contribution >= 0.6 is 0 Å². The third kappa shape index (κ3) is 8.95. The van der Waals surface area contributed by atoms with Crippen molar-refractivity contribution in [1.82, 2.24) is 14.7 Å². The first-order valence-electron chi connectivity index (χ1n) is 16.8. The number of allylic oxidation sites excluding steroid dienone is 4. The van der Waals surface area contributed by atoms with E-state index >= 15 is 0 Å². The molecular formula is C40H49F2N3O. The summed E-state index contributed by atoms with van der Waals surface area (Å²) in [6.45, 7) is 12.8. The second-order valence-electron chi connectivity index (χ2n) is 13.0. The topological polar surface area (TPSA) is 19.0 Å². The Labute approximate surface area is 274 Å². The number of hydrogen-bond acceptors (Lipinski definition) is 4. The molecule has 4 nitrogen and oxygen atoms in total. The fourth-order valence-corrected chi connectivity index (χ4v) is 6.46. The summed E-state index contributed by atoms with van der Waals surface area (Å²) in [5, 5.41) is 0. The van der Waals surface area contributed by atoms with Gasteiger partial charge in [-0.05, 0) is 91.4 Å². The van der Waals surface area contributed by atoms with Crippen molar-refractivity contribution in [3.05, 3.63) is 142 Å². The highest BCUT2D eigenvalue weighted by Gasteiger charge is 2.30. The van der Waals surface area contributed by atoms with Crippen LogP contribution in [-0.4, -0.2) is 67.6 Å². The van der Waals surface area contributed by atoms with Gasteiger partial charge < -0.3 is 14.5 Å². The molecule has 0 N–H and O–H groups in total. The zero-order chi connectivity index (χ0) is 32.5. The molecule has 2 aliphatic rings. The van der Waals surface area contributed by atoms with Crippen molar-refractivity contribution in [3.63, 3.8) is 0 Å². The predicted molar refractivity (Wildman–Crippen MR) is 184 cm³/mol. The summed E-state index contributed by atoms with van der Waals surface area (Å²) in [5.41, 5.74) is 5.96. The molecule has 0 spiro atoms. The van der Waals surface area contributed by atoms with E-state index < -0.39 is 0 Å². The molecule has 3 aromatic rings. The predicted octanol–water partition coefficient (Wildman–Crippen LogP) is 8.25. The Kier molecular flexibility index (Phi) is 11.8. The Hall–Kier alpha value is -3.74. The van der Waals surface area contributed by atoms with E-state index in [-0.39, 0.29) is 23.6 Å². The maximum absolute atomic E-state index is 13.8. The van der Waals surface area contributed by atoms with Gasteiger partial charge in [-0.1, -0.05) is 74.5 Å². The van der Waals surface area contributed by atoms with Crippen LogP contribution in [0.25, 0.3) is 0 Å². The zero-order valence-corrected chi connectivity index (χ0v) is 27.8. The number of halogens is 2. The van der Waals surface area contributed by atoms with E-state index in [0.29, 0.717) is 12.5 Å². The zero-order valence-electron chi connectivity index (χ0n) is 27.8. The Bertz CT molecular complexity index is 1430. The molecule has 1 heterocycles. The van der Waals surface area contributed by atoms with Crippen LogP contribution in [0.2, 0.25) is 0 Å². The van der Waals surface area contributed by atoms with Crippen molar-refractivity contribution in [2.24, 2.45) is 11.8 Å². The molecule has 1 aliphatic carbocycles. The Balaban J connectivity index is 1.21. The summed E-state index contributed by atoms with van der Waals surface area (Å²) in [5.74, 6) is 1.06. The van der Waals surface area contributed by atoms with E-state index in [0.717, 1.165) is 69.0 Å². The Morgan fingerprint density at radius 3 is 2.00 bits per heavy atom. The summed E-state index contributed by atoms with van der Waals surface area (Å²) < 4.78 is 34.2. The maximum atomic E-state index is 13.8. The summed E-state index contributed by atoms with van der Waals surface area (Å²) in [6, 6.07) is 24.0. The molecule has 6 heteroatoms. The maximum Gasteiger partial charge on any atom is 0.123 e. The van der Waals surface area contributed by atoms with E-state index in [1.165, 1.54) is 41.1 Å². The van der Waals surface area contributed by atoms with E-state index in [2.05, 4.69) is 91.1 Å². The van der Waals surface area contributed by atoms with Gasteiger partial charge in [-0.3, -0.25) is 4.90 Å². The average Bonchev–Trinajstić information content (AvgIpc) is 3.23. The fourth-order valence-electron chi connectivity index (χ4n) is 6.46. The van der Waals surface area contributed by atoms with Gasteiger partial charge in [0, 0.05) is 45.0 Å². The fraction of sp³-hybridized carbons (Fsp3) is 0.400. The van der Waals surface area contributed by atoms with Crippen LogP contribution in [0, 0.1) is 23.5 Å². The molecule has 0 saturated carbocycles. The first kappa shape index (κ1) is 33.6. The molecule has 0 aromatic heterocycles. The second-order valence-corrected chi connectivity index (χ2v) is 13.0. The molecule has 1 aliphatic heterocycles. The van der Waals surface area contributed by atoms with Crippen LogP contribution in [0.3, 0.4) is 0 Å². The largest absolute Gasteiger partial charge is 0.497 e. The number of likely N-dealkylation sites (N-methyl/N-ethyl adjacent to an activating group) is 1. The van der Waals surface area contributed by atoms with Crippen molar-refractivity contribution < 1.29 is 13.5 Å². The lowest BCUT2D eigenvalue weighted by atomic mass is 9.96. The van der Waals surface area contributed by atoms with Crippen LogP contribution in [-0.2, 0) is 11.2 Å². The molecule has 1 fully saturated rings. The molecule has 1 atom stereocenters. The molecular weight excluding hydrogens is 576 g/mol. The third-order valence-electron chi connectivity index (χ3n) is 9.29. The van der Waals surface area contributed by atoms with Crippen LogP contribution in [0.15, 0.2) is 114 Å². The smallest absolute Gasteiger partial charge is 0.123 e. The quantitative estimate of drug-likeness (QED) is 0.178. The van der Waals surface area contributed by atoms with E-state index in [1.54, 1.807) is 0 Å². The minimum absolute atomic E-state index is 0.0686. The normalized spacial score (nSPS) is 17.6. The lowest BCUT2D eigenvalue weighted by molar-refractivity contribution is 0.116. The van der Waals surface area contributed by atoms with Crippen molar-refractivity contribution in [3.8, 4) is 0 Å². The van der Waals surface area contributed by atoms with Crippen LogP contribution in [0.4, 0.5) is 8.78 Å². The molecule has 5 rings (SSSR count). The highest BCUT2D eigenvalue weighted by molar-refractivity contribution is 5.37. The number of hydrogen-bond donors (Lipinski definition) is 0. The Morgan fingerprint density at radius 1 is 0.804 bits per heavy atom. The molecule has 244 valence electrons. The summed E-state index contributed by atoms with van der Waals surface area (Å²) in [6.07, 6.45) is 8.84. The van der Waals surface area contributed by atoms with Gasteiger partial charge in [0.05, 0.1) is 18.6 Å².